The highest BCUT2D eigenvalue weighted by molar-refractivity contribution is 6.13. The molecule has 0 fully saturated rings. The van der Waals surface area contributed by atoms with Crippen LogP contribution in [0.3, 0.4) is 0 Å². The highest BCUT2D eigenvalue weighted by Crippen LogP contribution is 2.45. The molecule has 0 bridgehead atoms. The Hall–Kier alpha value is -4.53. The van der Waals surface area contributed by atoms with E-state index in [0.29, 0.717) is 34.9 Å². The zero-order chi connectivity index (χ0) is 27.9. The van der Waals surface area contributed by atoms with E-state index in [4.69, 9.17) is 0 Å². The van der Waals surface area contributed by atoms with Gasteiger partial charge in [0.05, 0.1) is 23.1 Å². The summed E-state index contributed by atoms with van der Waals surface area (Å²) in [6, 6.07) is 17.4. The summed E-state index contributed by atoms with van der Waals surface area (Å²) in [6.07, 6.45) is -4.99. The van der Waals surface area contributed by atoms with Gasteiger partial charge < -0.3 is 10.0 Å². The van der Waals surface area contributed by atoms with E-state index >= 15 is 4.39 Å². The maximum atomic E-state index is 15.3. The summed E-state index contributed by atoms with van der Waals surface area (Å²) < 4.78 is 84.4. The molecule has 0 saturated heterocycles. The van der Waals surface area contributed by atoms with E-state index in [-0.39, 0.29) is 29.3 Å². The van der Waals surface area contributed by atoms with Crippen molar-refractivity contribution in [3.8, 4) is 11.1 Å². The van der Waals surface area contributed by atoms with Crippen LogP contribution in [0.4, 0.5) is 37.7 Å². The summed E-state index contributed by atoms with van der Waals surface area (Å²) in [6.45, 7) is 3.50. The molecule has 3 nitrogen and oxygen atoms in total. The Morgan fingerprint density at radius 1 is 0.821 bits per heavy atom. The molecular weight excluding hydrogens is 518 g/mol. The van der Waals surface area contributed by atoms with Gasteiger partial charge in [0.15, 0.2) is 0 Å². The molecule has 5 rings (SSSR count). The minimum atomic E-state index is -4.76. The van der Waals surface area contributed by atoms with Gasteiger partial charge in [-0.1, -0.05) is 55.1 Å². The molecule has 1 heterocycles. The standard InChI is InChI=1S/C30H20F6N2O/c1-17(39)15-26-23-3-2-4-25(33)28(23)37-29(38(26)27-16-21(30(34,35)36)11-14-24(27)32)20-7-5-18(6-8-20)19-9-12-22(31)13-10-19/h2-14,16,26,39H,1,15H2. The van der Waals surface area contributed by atoms with E-state index in [1.165, 1.54) is 35.2 Å². The van der Waals surface area contributed by atoms with Crippen molar-refractivity contribution in [1.29, 1.82) is 0 Å². The predicted molar refractivity (Wildman–Crippen MR) is 137 cm³/mol. The SMILES string of the molecule is C=C(O)CC1c2cccc(F)c2N=C(c2ccc(-c3ccc(F)cc3)cc2)N1c1cc(C(F)(F)F)ccc1F. The van der Waals surface area contributed by atoms with Crippen LogP contribution in [0.5, 0.6) is 0 Å². The average molecular weight is 538 g/mol. The van der Waals surface area contributed by atoms with Crippen LogP contribution in [-0.2, 0) is 6.18 Å². The van der Waals surface area contributed by atoms with Crippen molar-refractivity contribution in [1.82, 2.24) is 0 Å². The second-order valence-electron chi connectivity index (χ2n) is 9.02. The Bertz CT molecular complexity index is 1580. The van der Waals surface area contributed by atoms with Crippen LogP contribution in [0.25, 0.3) is 11.1 Å². The topological polar surface area (TPSA) is 35.8 Å². The molecule has 1 atom stereocenters. The van der Waals surface area contributed by atoms with Crippen LogP contribution >= 0.6 is 0 Å². The van der Waals surface area contributed by atoms with Crippen LogP contribution in [0.2, 0.25) is 0 Å². The van der Waals surface area contributed by atoms with Gasteiger partial charge in [0, 0.05) is 17.5 Å². The first-order chi connectivity index (χ1) is 18.5. The Kier molecular flexibility index (Phi) is 6.68. The molecule has 1 aliphatic heterocycles. The molecular formula is C30H20F6N2O. The van der Waals surface area contributed by atoms with Gasteiger partial charge in [-0.25, -0.2) is 18.2 Å². The molecule has 0 radical (unpaired) electrons. The number of para-hydroxylation sites is 1. The fourth-order valence-corrected chi connectivity index (χ4v) is 4.60. The molecule has 1 N–H and O–H groups in total. The Morgan fingerprint density at radius 2 is 1.44 bits per heavy atom. The van der Waals surface area contributed by atoms with Gasteiger partial charge in [0.25, 0.3) is 0 Å². The lowest BCUT2D eigenvalue weighted by atomic mass is 9.94. The number of fused-ring (bicyclic) bond motifs is 1. The van der Waals surface area contributed by atoms with Gasteiger partial charge in [0.1, 0.15) is 29.0 Å². The third-order valence-corrected chi connectivity index (χ3v) is 6.42. The number of nitrogens with zero attached hydrogens (tertiary/aromatic N) is 2. The third-order valence-electron chi connectivity index (χ3n) is 6.42. The first kappa shape index (κ1) is 26.1. The second kappa shape index (κ2) is 9.98. The number of alkyl halides is 3. The van der Waals surface area contributed by atoms with Crippen molar-refractivity contribution in [3.05, 3.63) is 131 Å². The summed E-state index contributed by atoms with van der Waals surface area (Å²) in [7, 11) is 0. The van der Waals surface area contributed by atoms with Crippen molar-refractivity contribution in [2.45, 2.75) is 18.6 Å². The Labute approximate surface area is 220 Å². The first-order valence-corrected chi connectivity index (χ1v) is 11.8. The number of aliphatic imine (C=N–C) groups is 1. The molecule has 1 unspecified atom stereocenters. The van der Waals surface area contributed by atoms with Crippen molar-refractivity contribution >= 4 is 17.2 Å². The highest BCUT2D eigenvalue weighted by atomic mass is 19.4. The van der Waals surface area contributed by atoms with E-state index in [1.807, 2.05) is 0 Å². The van der Waals surface area contributed by atoms with E-state index in [0.717, 1.165) is 0 Å². The largest absolute Gasteiger partial charge is 0.513 e. The van der Waals surface area contributed by atoms with Crippen molar-refractivity contribution in [2.75, 3.05) is 4.90 Å². The number of hydrogen-bond donors (Lipinski definition) is 1. The first-order valence-electron chi connectivity index (χ1n) is 11.8. The number of aliphatic hydroxyl groups is 1. The normalized spacial score (nSPS) is 15.1. The lowest BCUT2D eigenvalue weighted by molar-refractivity contribution is -0.137. The number of rotatable bonds is 5. The van der Waals surface area contributed by atoms with Crippen molar-refractivity contribution in [3.63, 3.8) is 0 Å². The Balaban J connectivity index is 1.72. The van der Waals surface area contributed by atoms with E-state index in [2.05, 4.69) is 11.6 Å². The molecule has 198 valence electrons. The third kappa shape index (κ3) is 5.12. The molecule has 0 saturated carbocycles. The maximum Gasteiger partial charge on any atom is 0.416 e. The fraction of sp³-hybridized carbons (Fsp3) is 0.100. The molecule has 0 spiro atoms. The average Bonchev–Trinajstić information content (AvgIpc) is 2.89. The maximum absolute atomic E-state index is 15.3. The molecule has 39 heavy (non-hydrogen) atoms. The van der Waals surface area contributed by atoms with Gasteiger partial charge in [-0.2, -0.15) is 13.2 Å². The number of aliphatic hydroxyl groups excluding tert-OH is 1. The van der Waals surface area contributed by atoms with E-state index < -0.39 is 40.9 Å². The fourth-order valence-electron chi connectivity index (χ4n) is 4.60. The summed E-state index contributed by atoms with van der Waals surface area (Å²) >= 11 is 0. The molecule has 0 aliphatic carbocycles. The van der Waals surface area contributed by atoms with Crippen molar-refractivity contribution < 1.29 is 31.4 Å². The minimum absolute atomic E-state index is 0.0252. The lowest BCUT2D eigenvalue weighted by Crippen LogP contribution is -2.39. The van der Waals surface area contributed by atoms with Crippen LogP contribution in [-0.4, -0.2) is 10.9 Å². The smallest absolute Gasteiger partial charge is 0.416 e. The molecule has 0 aromatic heterocycles. The van der Waals surface area contributed by atoms with Gasteiger partial charge in [-0.15, -0.1) is 0 Å². The number of halogens is 6. The zero-order valence-electron chi connectivity index (χ0n) is 20.2. The number of hydrogen-bond acceptors (Lipinski definition) is 3. The number of amidine groups is 1. The lowest BCUT2D eigenvalue weighted by Gasteiger charge is -2.39. The second-order valence-corrected chi connectivity index (χ2v) is 9.02. The molecule has 4 aromatic carbocycles. The number of benzene rings is 4. The quantitative estimate of drug-likeness (QED) is 0.204. The van der Waals surface area contributed by atoms with Gasteiger partial charge >= 0.3 is 6.18 Å². The van der Waals surface area contributed by atoms with E-state index in [1.54, 1.807) is 36.4 Å². The summed E-state index contributed by atoms with van der Waals surface area (Å²) in [4.78, 5) is 5.66. The minimum Gasteiger partial charge on any atom is -0.513 e. The summed E-state index contributed by atoms with van der Waals surface area (Å²) in [5.41, 5.74) is 0.390. The van der Waals surface area contributed by atoms with Crippen LogP contribution in [0.15, 0.2) is 102 Å². The van der Waals surface area contributed by atoms with Crippen LogP contribution < -0.4 is 4.90 Å². The van der Waals surface area contributed by atoms with Gasteiger partial charge in [-0.05, 0) is 47.5 Å². The van der Waals surface area contributed by atoms with E-state index in [9.17, 15) is 27.1 Å². The highest BCUT2D eigenvalue weighted by Gasteiger charge is 2.37. The van der Waals surface area contributed by atoms with Crippen LogP contribution in [0, 0.1) is 17.5 Å². The van der Waals surface area contributed by atoms with Gasteiger partial charge in [0.2, 0.25) is 0 Å². The molecule has 9 heteroatoms. The molecule has 0 amide bonds. The molecule has 1 aliphatic rings. The predicted octanol–water partition coefficient (Wildman–Crippen LogP) is 8.89. The van der Waals surface area contributed by atoms with Crippen LogP contribution in [0.1, 0.15) is 29.2 Å². The summed E-state index contributed by atoms with van der Waals surface area (Å²) in [5, 5.41) is 10.1. The number of anilines is 1. The zero-order valence-corrected chi connectivity index (χ0v) is 20.2. The monoisotopic (exact) mass is 538 g/mol. The Morgan fingerprint density at radius 3 is 2.05 bits per heavy atom. The summed E-state index contributed by atoms with van der Waals surface area (Å²) in [5.74, 6) is -2.41. The molecule has 4 aromatic rings. The van der Waals surface area contributed by atoms with Gasteiger partial charge in [-0.3, -0.25) is 0 Å². The van der Waals surface area contributed by atoms with Crippen molar-refractivity contribution in [2.24, 2.45) is 4.99 Å².